The van der Waals surface area contributed by atoms with Crippen LogP contribution in [0.25, 0.3) is 16.9 Å². The van der Waals surface area contributed by atoms with Crippen molar-refractivity contribution in [2.24, 2.45) is 0 Å². The highest BCUT2D eigenvalue weighted by atomic mass is 35.5. The maximum Gasteiger partial charge on any atom is 0.387 e. The molecule has 1 aromatic carbocycles. The summed E-state index contributed by atoms with van der Waals surface area (Å²) in [4.78, 5) is 35.9. The average molecular weight is 625 g/mol. The van der Waals surface area contributed by atoms with Gasteiger partial charge in [0.15, 0.2) is 5.65 Å². The Labute approximate surface area is 255 Å². The molecule has 0 radical (unpaired) electrons. The van der Waals surface area contributed by atoms with Crippen molar-refractivity contribution >= 4 is 34.8 Å². The van der Waals surface area contributed by atoms with Crippen LogP contribution in [0, 0.1) is 0 Å². The summed E-state index contributed by atoms with van der Waals surface area (Å²) in [6.07, 6.45) is 9.48. The molecule has 0 unspecified atom stereocenters. The number of ether oxygens (including phenoxy) is 2. The van der Waals surface area contributed by atoms with Gasteiger partial charge in [0.1, 0.15) is 17.0 Å². The van der Waals surface area contributed by atoms with Gasteiger partial charge in [0.2, 0.25) is 0 Å². The van der Waals surface area contributed by atoms with Crippen molar-refractivity contribution in [1.82, 2.24) is 34.3 Å². The number of rotatable bonds is 13. The number of amides is 1. The maximum absolute atomic E-state index is 13.4. The van der Waals surface area contributed by atoms with Gasteiger partial charge in [-0.1, -0.05) is 17.7 Å². The molecule has 0 saturated heterocycles. The molecular formula is C29H27ClF2N8O4. The first-order valence-electron chi connectivity index (χ1n) is 13.5. The SMILES string of the molecule is CCOC(=O)CN(CCn1cc(NC(=O)c2cnn3cccnc23)c(-c2cc(Cl)ccc2OC(F)F)n1)Cc1cccnc1. The van der Waals surface area contributed by atoms with Gasteiger partial charge in [0.05, 0.1) is 31.6 Å². The molecule has 228 valence electrons. The van der Waals surface area contributed by atoms with E-state index < -0.39 is 12.5 Å². The average Bonchev–Trinajstić information content (AvgIpc) is 3.61. The number of anilines is 1. The van der Waals surface area contributed by atoms with E-state index in [2.05, 4.69) is 25.5 Å². The summed E-state index contributed by atoms with van der Waals surface area (Å²) >= 11 is 6.23. The molecule has 0 atom stereocenters. The third-order valence-corrected chi connectivity index (χ3v) is 6.61. The topological polar surface area (TPSA) is 129 Å². The lowest BCUT2D eigenvalue weighted by Gasteiger charge is -2.21. The second-order valence-corrected chi connectivity index (χ2v) is 9.89. The zero-order valence-corrected chi connectivity index (χ0v) is 24.2. The molecule has 0 aliphatic carbocycles. The van der Waals surface area contributed by atoms with Crippen LogP contribution in [0.3, 0.4) is 0 Å². The Morgan fingerprint density at radius 2 is 2.02 bits per heavy atom. The monoisotopic (exact) mass is 624 g/mol. The van der Waals surface area contributed by atoms with E-state index in [9.17, 15) is 18.4 Å². The molecular weight excluding hydrogens is 598 g/mol. The number of benzene rings is 1. The minimum absolute atomic E-state index is 0.0167. The lowest BCUT2D eigenvalue weighted by atomic mass is 10.1. The van der Waals surface area contributed by atoms with Crippen LogP contribution in [-0.4, -0.2) is 72.4 Å². The smallest absolute Gasteiger partial charge is 0.387 e. The number of nitrogens with one attached hydrogen (secondary N) is 1. The third kappa shape index (κ3) is 7.51. The van der Waals surface area contributed by atoms with Crippen LogP contribution < -0.4 is 10.1 Å². The fraction of sp³-hybridized carbons (Fsp3) is 0.241. The zero-order chi connectivity index (χ0) is 31.1. The molecule has 0 fully saturated rings. The summed E-state index contributed by atoms with van der Waals surface area (Å²) in [6, 6.07) is 9.51. The molecule has 1 N–H and O–H groups in total. The quantitative estimate of drug-likeness (QED) is 0.187. The van der Waals surface area contributed by atoms with Crippen molar-refractivity contribution in [3.05, 3.63) is 89.7 Å². The van der Waals surface area contributed by atoms with E-state index in [1.54, 1.807) is 43.8 Å². The van der Waals surface area contributed by atoms with Crippen LogP contribution in [0.2, 0.25) is 5.02 Å². The minimum atomic E-state index is -3.11. The van der Waals surface area contributed by atoms with Gasteiger partial charge in [-0.05, 0) is 42.8 Å². The summed E-state index contributed by atoms with van der Waals surface area (Å²) < 4.78 is 39.5. The molecule has 0 aliphatic heterocycles. The first-order valence-corrected chi connectivity index (χ1v) is 13.9. The summed E-state index contributed by atoms with van der Waals surface area (Å²) in [5.41, 5.74) is 1.90. The number of carbonyl (C=O) groups excluding carboxylic acids is 2. The molecule has 12 nitrogen and oxygen atoms in total. The van der Waals surface area contributed by atoms with E-state index in [0.29, 0.717) is 18.7 Å². The van der Waals surface area contributed by atoms with Crippen LogP contribution in [0.5, 0.6) is 5.75 Å². The predicted molar refractivity (Wildman–Crippen MR) is 156 cm³/mol. The van der Waals surface area contributed by atoms with Gasteiger partial charge in [-0.25, -0.2) is 9.50 Å². The molecule has 15 heteroatoms. The van der Waals surface area contributed by atoms with E-state index >= 15 is 0 Å². The van der Waals surface area contributed by atoms with Crippen LogP contribution in [0.4, 0.5) is 14.5 Å². The van der Waals surface area contributed by atoms with Crippen molar-refractivity contribution in [1.29, 1.82) is 0 Å². The Bertz CT molecular complexity index is 1750. The van der Waals surface area contributed by atoms with Gasteiger partial charge < -0.3 is 14.8 Å². The third-order valence-electron chi connectivity index (χ3n) is 6.38. The van der Waals surface area contributed by atoms with Crippen molar-refractivity contribution in [2.45, 2.75) is 26.6 Å². The number of hydrogen-bond donors (Lipinski definition) is 1. The number of esters is 1. The van der Waals surface area contributed by atoms with Crippen molar-refractivity contribution in [2.75, 3.05) is 25.0 Å². The molecule has 0 aliphatic rings. The number of fused-ring (bicyclic) bond motifs is 1. The van der Waals surface area contributed by atoms with Crippen molar-refractivity contribution in [3.8, 4) is 17.0 Å². The van der Waals surface area contributed by atoms with Gasteiger partial charge in [-0.15, -0.1) is 0 Å². The molecule has 44 heavy (non-hydrogen) atoms. The van der Waals surface area contributed by atoms with E-state index in [1.165, 1.54) is 39.8 Å². The van der Waals surface area contributed by atoms with Crippen LogP contribution in [-0.2, 0) is 22.6 Å². The Morgan fingerprint density at radius 1 is 1.16 bits per heavy atom. The second-order valence-electron chi connectivity index (χ2n) is 9.45. The first kappa shape index (κ1) is 30.5. The Balaban J connectivity index is 1.46. The standard InChI is InChI=1S/C29H27ClF2N8O4/c1-2-43-25(41)18-38(16-19-5-3-8-33-14-19)11-12-39-17-23(36-28(42)22-15-35-40-10-4-9-34-27(22)40)26(37-39)21-13-20(30)6-7-24(21)44-29(31)32/h3-10,13-15,17,29H,2,11-12,16,18H2,1H3,(H,36,42). The van der Waals surface area contributed by atoms with Gasteiger partial charge in [-0.2, -0.15) is 19.0 Å². The largest absolute Gasteiger partial charge is 0.465 e. The molecule has 0 bridgehead atoms. The van der Waals surface area contributed by atoms with Gasteiger partial charge in [-0.3, -0.25) is 24.2 Å². The van der Waals surface area contributed by atoms with Gasteiger partial charge >= 0.3 is 12.6 Å². The van der Waals surface area contributed by atoms with Crippen LogP contribution >= 0.6 is 11.6 Å². The molecule has 4 aromatic heterocycles. The lowest BCUT2D eigenvalue weighted by Crippen LogP contribution is -2.33. The highest BCUT2D eigenvalue weighted by Gasteiger charge is 2.23. The Hall–Kier alpha value is -4.95. The molecule has 1 amide bonds. The van der Waals surface area contributed by atoms with E-state index in [4.69, 9.17) is 21.1 Å². The summed E-state index contributed by atoms with van der Waals surface area (Å²) in [6.45, 7) is -0.104. The number of halogens is 3. The molecule has 0 saturated carbocycles. The predicted octanol–water partition coefficient (Wildman–Crippen LogP) is 4.56. The normalized spacial score (nSPS) is 11.3. The van der Waals surface area contributed by atoms with Crippen LogP contribution in [0.1, 0.15) is 22.8 Å². The summed E-state index contributed by atoms with van der Waals surface area (Å²) in [5.74, 6) is -1.11. The summed E-state index contributed by atoms with van der Waals surface area (Å²) in [5, 5.41) is 11.8. The highest BCUT2D eigenvalue weighted by Crippen LogP contribution is 2.37. The fourth-order valence-corrected chi connectivity index (χ4v) is 4.66. The number of hydrogen-bond acceptors (Lipinski definition) is 9. The lowest BCUT2D eigenvalue weighted by molar-refractivity contribution is -0.144. The molecule has 5 rings (SSSR count). The Morgan fingerprint density at radius 3 is 2.80 bits per heavy atom. The highest BCUT2D eigenvalue weighted by molar-refractivity contribution is 6.31. The molecule has 5 aromatic rings. The number of carbonyl (C=O) groups is 2. The molecule has 4 heterocycles. The molecule has 0 spiro atoms. The van der Waals surface area contributed by atoms with Gasteiger partial charge in [0, 0.05) is 54.7 Å². The first-order chi connectivity index (χ1) is 21.3. The maximum atomic E-state index is 13.4. The fourth-order valence-electron chi connectivity index (χ4n) is 4.49. The van der Waals surface area contributed by atoms with Crippen molar-refractivity contribution in [3.63, 3.8) is 0 Å². The van der Waals surface area contributed by atoms with Crippen molar-refractivity contribution < 1.29 is 27.8 Å². The van der Waals surface area contributed by atoms with Crippen LogP contribution in [0.15, 0.2) is 73.6 Å². The minimum Gasteiger partial charge on any atom is -0.465 e. The number of pyridine rings is 1. The second kappa shape index (κ2) is 14.0. The number of alkyl halides is 2. The zero-order valence-electron chi connectivity index (χ0n) is 23.4. The van der Waals surface area contributed by atoms with E-state index in [0.717, 1.165) is 5.56 Å². The number of aromatic nitrogens is 6. The number of nitrogens with zero attached hydrogens (tertiary/aromatic N) is 7. The van der Waals surface area contributed by atoms with Gasteiger partial charge in [0.25, 0.3) is 5.91 Å². The van der Waals surface area contributed by atoms with E-state index in [1.807, 2.05) is 11.0 Å². The van der Waals surface area contributed by atoms with E-state index in [-0.39, 0.29) is 58.9 Å². The summed E-state index contributed by atoms with van der Waals surface area (Å²) in [7, 11) is 0. The Kier molecular flexibility index (Phi) is 9.72.